The molecule has 3 amide bonds. The van der Waals surface area contributed by atoms with Crippen molar-refractivity contribution in [2.24, 2.45) is 0 Å². The quantitative estimate of drug-likeness (QED) is 0.673. The number of benzene rings is 2. The molecule has 0 saturated heterocycles. The lowest BCUT2D eigenvalue weighted by Crippen LogP contribution is -2.43. The number of anilines is 2. The molecule has 0 aliphatic carbocycles. The fourth-order valence-corrected chi connectivity index (χ4v) is 2.40. The fraction of sp³-hybridized carbons (Fsp3) is 0.263. The van der Waals surface area contributed by atoms with Crippen LogP contribution in [0, 0.1) is 13.8 Å². The number of carbonyl (C=O) groups excluding carboxylic acids is 2. The van der Waals surface area contributed by atoms with E-state index in [9.17, 15) is 9.59 Å². The zero-order valence-corrected chi connectivity index (χ0v) is 14.6. The van der Waals surface area contributed by atoms with Crippen LogP contribution in [0.4, 0.5) is 16.2 Å². The van der Waals surface area contributed by atoms with Gasteiger partial charge in [-0.2, -0.15) is 0 Å². The van der Waals surface area contributed by atoms with E-state index in [1.165, 1.54) is 0 Å². The molecule has 25 heavy (non-hydrogen) atoms. The van der Waals surface area contributed by atoms with Gasteiger partial charge in [0.15, 0.2) is 0 Å². The number of aliphatic hydroxyl groups is 1. The predicted octanol–water partition coefficient (Wildman–Crippen LogP) is 2.94. The largest absolute Gasteiger partial charge is 0.392 e. The maximum Gasteiger partial charge on any atom is 0.325 e. The second-order valence-electron chi connectivity index (χ2n) is 5.99. The summed E-state index contributed by atoms with van der Waals surface area (Å²) in [7, 11) is 0. The second kappa shape index (κ2) is 8.30. The van der Waals surface area contributed by atoms with E-state index in [0.717, 1.165) is 16.7 Å². The lowest BCUT2D eigenvalue weighted by molar-refractivity contribution is -0.120. The van der Waals surface area contributed by atoms with E-state index in [1.807, 2.05) is 26.0 Å². The third kappa shape index (κ3) is 5.32. The highest BCUT2D eigenvalue weighted by Gasteiger charge is 2.16. The molecule has 4 N–H and O–H groups in total. The molecule has 0 heterocycles. The van der Waals surface area contributed by atoms with Crippen LogP contribution in [-0.4, -0.2) is 23.1 Å². The zero-order valence-electron chi connectivity index (χ0n) is 14.6. The number of rotatable bonds is 5. The Morgan fingerprint density at radius 3 is 2.56 bits per heavy atom. The third-order valence-electron chi connectivity index (χ3n) is 3.75. The van der Waals surface area contributed by atoms with Crippen LogP contribution in [0.15, 0.2) is 42.5 Å². The maximum absolute atomic E-state index is 12.2. The van der Waals surface area contributed by atoms with Crippen LogP contribution in [-0.2, 0) is 11.4 Å². The predicted molar refractivity (Wildman–Crippen MR) is 98.5 cm³/mol. The van der Waals surface area contributed by atoms with Gasteiger partial charge < -0.3 is 15.7 Å². The molecular formula is C19H23N3O3. The van der Waals surface area contributed by atoms with Gasteiger partial charge in [0, 0.05) is 11.4 Å². The van der Waals surface area contributed by atoms with E-state index in [0.29, 0.717) is 11.4 Å². The van der Waals surface area contributed by atoms with Gasteiger partial charge in [0.1, 0.15) is 6.04 Å². The Hall–Kier alpha value is -2.86. The number of hydrogen-bond donors (Lipinski definition) is 4. The monoisotopic (exact) mass is 341 g/mol. The molecule has 132 valence electrons. The molecule has 2 aromatic carbocycles. The standard InChI is InChI=1S/C19H23N3O3/c1-12-7-8-17(13(2)9-12)21-19(25)22-18(24)14(3)20-16-6-4-5-15(10-16)11-23/h4-10,14,20,23H,11H2,1-3H3,(H2,21,22,24,25). The summed E-state index contributed by atoms with van der Waals surface area (Å²) in [6, 6.07) is 11.6. The highest BCUT2D eigenvalue weighted by molar-refractivity contribution is 6.03. The van der Waals surface area contributed by atoms with Crippen molar-refractivity contribution in [2.45, 2.75) is 33.4 Å². The Labute approximate surface area is 147 Å². The number of aryl methyl sites for hydroxylation is 2. The molecule has 2 rings (SSSR count). The number of amides is 3. The highest BCUT2D eigenvalue weighted by Crippen LogP contribution is 2.16. The average Bonchev–Trinajstić information content (AvgIpc) is 2.57. The Bertz CT molecular complexity index is 774. The summed E-state index contributed by atoms with van der Waals surface area (Å²) in [5.74, 6) is -0.448. The van der Waals surface area contributed by atoms with E-state index in [2.05, 4.69) is 16.0 Å². The smallest absolute Gasteiger partial charge is 0.325 e. The Morgan fingerprint density at radius 1 is 1.12 bits per heavy atom. The van der Waals surface area contributed by atoms with Crippen molar-refractivity contribution < 1.29 is 14.7 Å². The lowest BCUT2D eigenvalue weighted by atomic mass is 10.1. The minimum absolute atomic E-state index is 0.0750. The van der Waals surface area contributed by atoms with Gasteiger partial charge in [-0.3, -0.25) is 10.1 Å². The number of urea groups is 1. The van der Waals surface area contributed by atoms with Gasteiger partial charge in [-0.15, -0.1) is 0 Å². The molecule has 0 aliphatic heterocycles. The second-order valence-corrected chi connectivity index (χ2v) is 5.99. The Kier molecular flexibility index (Phi) is 6.14. The van der Waals surface area contributed by atoms with E-state index in [4.69, 9.17) is 5.11 Å². The molecule has 0 fully saturated rings. The summed E-state index contributed by atoms with van der Waals surface area (Å²) >= 11 is 0. The molecule has 0 aliphatic rings. The van der Waals surface area contributed by atoms with Crippen LogP contribution in [0.2, 0.25) is 0 Å². The average molecular weight is 341 g/mol. The van der Waals surface area contributed by atoms with Crippen molar-refractivity contribution in [3.8, 4) is 0 Å². The van der Waals surface area contributed by atoms with Crippen molar-refractivity contribution in [2.75, 3.05) is 10.6 Å². The Morgan fingerprint density at radius 2 is 1.88 bits per heavy atom. The molecule has 0 bridgehead atoms. The summed E-state index contributed by atoms with van der Waals surface area (Å²) < 4.78 is 0. The van der Waals surface area contributed by atoms with Gasteiger partial charge in [-0.05, 0) is 50.1 Å². The van der Waals surface area contributed by atoms with Crippen LogP contribution in [0.3, 0.4) is 0 Å². The summed E-state index contributed by atoms with van der Waals surface area (Å²) in [4.78, 5) is 24.2. The van der Waals surface area contributed by atoms with Crippen LogP contribution in [0.1, 0.15) is 23.6 Å². The molecule has 0 aromatic heterocycles. The molecule has 1 unspecified atom stereocenters. The van der Waals surface area contributed by atoms with Crippen LogP contribution < -0.4 is 16.0 Å². The SMILES string of the molecule is Cc1ccc(NC(=O)NC(=O)C(C)Nc2cccc(CO)c2)c(C)c1. The van der Waals surface area contributed by atoms with Crippen LogP contribution in [0.25, 0.3) is 0 Å². The topological polar surface area (TPSA) is 90.5 Å². The normalized spacial score (nSPS) is 11.5. The molecule has 6 nitrogen and oxygen atoms in total. The third-order valence-corrected chi connectivity index (χ3v) is 3.75. The van der Waals surface area contributed by atoms with Gasteiger partial charge in [0.2, 0.25) is 5.91 Å². The zero-order chi connectivity index (χ0) is 18.4. The number of hydrogen-bond acceptors (Lipinski definition) is 4. The lowest BCUT2D eigenvalue weighted by Gasteiger charge is -2.16. The van der Waals surface area contributed by atoms with Crippen LogP contribution in [0.5, 0.6) is 0 Å². The number of imide groups is 1. The first-order valence-electron chi connectivity index (χ1n) is 8.04. The minimum Gasteiger partial charge on any atom is -0.392 e. The summed E-state index contributed by atoms with van der Waals surface area (Å²) in [5.41, 5.74) is 4.12. The van der Waals surface area contributed by atoms with Crippen LogP contribution >= 0.6 is 0 Å². The maximum atomic E-state index is 12.2. The van der Waals surface area contributed by atoms with Gasteiger partial charge in [-0.1, -0.05) is 29.8 Å². The summed E-state index contributed by atoms with van der Waals surface area (Å²) in [5, 5.41) is 17.1. The molecule has 1 atom stereocenters. The van der Waals surface area contributed by atoms with Gasteiger partial charge >= 0.3 is 6.03 Å². The van der Waals surface area contributed by atoms with E-state index < -0.39 is 18.0 Å². The van der Waals surface area contributed by atoms with E-state index in [-0.39, 0.29) is 6.61 Å². The molecule has 6 heteroatoms. The minimum atomic E-state index is -0.612. The summed E-state index contributed by atoms with van der Waals surface area (Å²) in [6.07, 6.45) is 0. The molecule has 0 spiro atoms. The first kappa shape index (κ1) is 18.5. The van der Waals surface area contributed by atoms with Gasteiger partial charge in [-0.25, -0.2) is 4.79 Å². The van der Waals surface area contributed by atoms with Crippen molar-refractivity contribution in [1.82, 2.24) is 5.32 Å². The number of carbonyl (C=O) groups is 2. The van der Waals surface area contributed by atoms with Crippen molar-refractivity contribution in [1.29, 1.82) is 0 Å². The van der Waals surface area contributed by atoms with Crippen molar-refractivity contribution >= 4 is 23.3 Å². The molecular weight excluding hydrogens is 318 g/mol. The number of aliphatic hydroxyl groups excluding tert-OH is 1. The van der Waals surface area contributed by atoms with E-state index in [1.54, 1.807) is 37.3 Å². The van der Waals surface area contributed by atoms with Gasteiger partial charge in [0.05, 0.1) is 6.61 Å². The molecule has 2 aromatic rings. The Balaban J connectivity index is 1.92. The fourth-order valence-electron chi connectivity index (χ4n) is 2.40. The van der Waals surface area contributed by atoms with Crippen molar-refractivity contribution in [3.05, 3.63) is 59.2 Å². The molecule has 0 radical (unpaired) electrons. The molecule has 0 saturated carbocycles. The highest BCUT2D eigenvalue weighted by atomic mass is 16.3. The first-order valence-corrected chi connectivity index (χ1v) is 8.04. The van der Waals surface area contributed by atoms with E-state index >= 15 is 0 Å². The first-order chi connectivity index (χ1) is 11.9. The van der Waals surface area contributed by atoms with Crippen molar-refractivity contribution in [3.63, 3.8) is 0 Å². The number of nitrogens with one attached hydrogen (secondary N) is 3. The van der Waals surface area contributed by atoms with Gasteiger partial charge in [0.25, 0.3) is 0 Å². The summed E-state index contributed by atoms with van der Waals surface area (Å²) in [6.45, 7) is 5.45.